The molecule has 0 spiro atoms. The Morgan fingerprint density at radius 2 is 0.891 bits per heavy atom. The van der Waals surface area contributed by atoms with Gasteiger partial charge in [-0.05, 0) is 59.5 Å². The minimum absolute atomic E-state index is 0.578. The standard InChI is InChI=1S/C58H35N5O/c1-4-15-37(16-5-1)54-49-34-48-43-21-10-12-25-50(43)63(41-19-8-3-9-20-41)51(48)35-47(49)46-24-14-23-42(55(46)59-54)36-27-29-39(30-28-36)57-60-56(38-17-6-2-7-18-38)61-58(62-57)40-31-32-45-44-22-11-13-26-52(44)64-53(45)33-40/h1-35H. The lowest BCUT2D eigenvalue weighted by atomic mass is 9.94. The molecule has 13 aromatic rings. The molecule has 298 valence electrons. The van der Waals surface area contributed by atoms with E-state index in [9.17, 15) is 0 Å². The van der Waals surface area contributed by atoms with Crippen molar-refractivity contribution in [1.82, 2.24) is 24.5 Å². The highest BCUT2D eigenvalue weighted by atomic mass is 16.3. The average Bonchev–Trinajstić information content (AvgIpc) is 3.91. The Morgan fingerprint density at radius 3 is 1.66 bits per heavy atom. The maximum atomic E-state index is 6.26. The highest BCUT2D eigenvalue weighted by molar-refractivity contribution is 6.21. The summed E-state index contributed by atoms with van der Waals surface area (Å²) in [6, 6.07) is 74.0. The van der Waals surface area contributed by atoms with Crippen LogP contribution in [-0.2, 0) is 0 Å². The van der Waals surface area contributed by atoms with E-state index in [4.69, 9.17) is 24.4 Å². The maximum absolute atomic E-state index is 6.26. The van der Waals surface area contributed by atoms with Gasteiger partial charge in [-0.2, -0.15) is 0 Å². The normalized spacial score (nSPS) is 11.8. The molecule has 0 aliphatic rings. The van der Waals surface area contributed by atoms with Gasteiger partial charge < -0.3 is 8.98 Å². The summed E-state index contributed by atoms with van der Waals surface area (Å²) in [7, 11) is 0. The number of fused-ring (bicyclic) bond motifs is 9. The van der Waals surface area contributed by atoms with Crippen LogP contribution in [-0.4, -0.2) is 24.5 Å². The summed E-state index contributed by atoms with van der Waals surface area (Å²) in [5, 5.41) is 7.92. The number of hydrogen-bond donors (Lipinski definition) is 0. The summed E-state index contributed by atoms with van der Waals surface area (Å²) in [6.45, 7) is 0. The van der Waals surface area contributed by atoms with E-state index in [0.29, 0.717) is 17.5 Å². The van der Waals surface area contributed by atoms with Crippen LogP contribution in [0.1, 0.15) is 0 Å². The minimum Gasteiger partial charge on any atom is -0.456 e. The molecule has 6 heteroatoms. The molecule has 0 saturated carbocycles. The van der Waals surface area contributed by atoms with E-state index >= 15 is 0 Å². The number of furan rings is 1. The van der Waals surface area contributed by atoms with Gasteiger partial charge in [-0.25, -0.2) is 19.9 Å². The van der Waals surface area contributed by atoms with Crippen LogP contribution in [0.5, 0.6) is 0 Å². The van der Waals surface area contributed by atoms with Gasteiger partial charge >= 0.3 is 0 Å². The second-order valence-corrected chi connectivity index (χ2v) is 16.2. The average molecular weight is 818 g/mol. The second-order valence-electron chi connectivity index (χ2n) is 16.2. The highest BCUT2D eigenvalue weighted by Crippen LogP contribution is 2.42. The van der Waals surface area contributed by atoms with Crippen LogP contribution in [0.15, 0.2) is 217 Å². The predicted molar refractivity (Wildman–Crippen MR) is 261 cm³/mol. The molecule has 0 aliphatic carbocycles. The monoisotopic (exact) mass is 817 g/mol. The van der Waals surface area contributed by atoms with Crippen LogP contribution in [0.4, 0.5) is 0 Å². The third-order valence-corrected chi connectivity index (χ3v) is 12.4. The van der Waals surface area contributed by atoms with Crippen LogP contribution in [0.3, 0.4) is 0 Å². The molecule has 0 atom stereocenters. The first kappa shape index (κ1) is 36.0. The Kier molecular flexibility index (Phi) is 8.11. The first-order valence-electron chi connectivity index (χ1n) is 21.5. The summed E-state index contributed by atoms with van der Waals surface area (Å²) >= 11 is 0. The van der Waals surface area contributed by atoms with Gasteiger partial charge in [0.2, 0.25) is 0 Å². The van der Waals surface area contributed by atoms with Crippen molar-refractivity contribution < 1.29 is 4.42 Å². The van der Waals surface area contributed by atoms with Crippen molar-refractivity contribution in [2.24, 2.45) is 0 Å². The largest absolute Gasteiger partial charge is 0.456 e. The molecule has 13 rings (SSSR count). The second kappa shape index (κ2) is 14.4. The Morgan fingerprint density at radius 1 is 0.312 bits per heavy atom. The Balaban J connectivity index is 0.975. The lowest BCUT2D eigenvalue weighted by molar-refractivity contribution is 0.669. The van der Waals surface area contributed by atoms with E-state index in [1.54, 1.807) is 0 Å². The molecule has 6 nitrogen and oxygen atoms in total. The maximum Gasteiger partial charge on any atom is 0.164 e. The van der Waals surface area contributed by atoms with Gasteiger partial charge in [0, 0.05) is 65.8 Å². The lowest BCUT2D eigenvalue weighted by Gasteiger charge is -2.15. The van der Waals surface area contributed by atoms with E-state index < -0.39 is 0 Å². The van der Waals surface area contributed by atoms with Gasteiger partial charge in [0.05, 0.1) is 22.2 Å². The SMILES string of the molecule is c1ccc(-c2nc(-c3ccc(-c4cccc5c4nc(-c4ccccc4)c4cc6c7ccccc7n(-c7ccccc7)c6cc45)cc3)nc(-c3ccc4c(c3)oc3ccccc34)n2)cc1. The quantitative estimate of drug-likeness (QED) is 0.156. The topological polar surface area (TPSA) is 69.6 Å². The van der Waals surface area contributed by atoms with Crippen molar-refractivity contribution in [2.75, 3.05) is 0 Å². The fourth-order valence-electron chi connectivity index (χ4n) is 9.41. The number of rotatable bonds is 6. The van der Waals surface area contributed by atoms with Crippen molar-refractivity contribution in [3.63, 3.8) is 0 Å². The van der Waals surface area contributed by atoms with Crippen molar-refractivity contribution in [1.29, 1.82) is 0 Å². The van der Waals surface area contributed by atoms with E-state index in [1.165, 1.54) is 16.3 Å². The van der Waals surface area contributed by atoms with Gasteiger partial charge in [0.15, 0.2) is 17.5 Å². The first-order valence-corrected chi connectivity index (χ1v) is 21.5. The molecule has 0 N–H and O–H groups in total. The van der Waals surface area contributed by atoms with Crippen LogP contribution < -0.4 is 0 Å². The molecular weight excluding hydrogens is 783 g/mol. The van der Waals surface area contributed by atoms with Crippen molar-refractivity contribution in [3.05, 3.63) is 212 Å². The lowest BCUT2D eigenvalue weighted by Crippen LogP contribution is -2.00. The summed E-state index contributed by atoms with van der Waals surface area (Å²) < 4.78 is 8.65. The minimum atomic E-state index is 0.578. The molecule has 0 saturated heterocycles. The van der Waals surface area contributed by atoms with Crippen LogP contribution in [0.2, 0.25) is 0 Å². The van der Waals surface area contributed by atoms with Crippen LogP contribution in [0.25, 0.3) is 128 Å². The fraction of sp³-hybridized carbons (Fsp3) is 0. The number of benzene rings is 9. The molecule has 4 aromatic heterocycles. The van der Waals surface area contributed by atoms with E-state index in [2.05, 4.69) is 162 Å². The van der Waals surface area contributed by atoms with E-state index in [1.807, 2.05) is 54.6 Å². The van der Waals surface area contributed by atoms with Crippen LogP contribution in [0, 0.1) is 0 Å². The number of nitrogens with zero attached hydrogens (tertiary/aromatic N) is 5. The summed E-state index contributed by atoms with van der Waals surface area (Å²) in [6.07, 6.45) is 0. The molecule has 0 amide bonds. The number of hydrogen-bond acceptors (Lipinski definition) is 5. The molecule has 0 radical (unpaired) electrons. The Hall–Kier alpha value is -8.74. The molecule has 0 bridgehead atoms. The summed E-state index contributed by atoms with van der Waals surface area (Å²) in [4.78, 5) is 20.7. The Labute approximate surface area is 367 Å². The van der Waals surface area contributed by atoms with Crippen molar-refractivity contribution in [2.45, 2.75) is 0 Å². The molecule has 0 unspecified atom stereocenters. The molecule has 0 aliphatic heterocycles. The zero-order valence-electron chi connectivity index (χ0n) is 34.4. The fourth-order valence-corrected chi connectivity index (χ4v) is 9.41. The highest BCUT2D eigenvalue weighted by Gasteiger charge is 2.20. The smallest absolute Gasteiger partial charge is 0.164 e. The van der Waals surface area contributed by atoms with Gasteiger partial charge in [-0.3, -0.25) is 0 Å². The summed E-state index contributed by atoms with van der Waals surface area (Å²) in [5.41, 5.74) is 12.8. The van der Waals surface area contributed by atoms with Gasteiger partial charge in [0.1, 0.15) is 11.2 Å². The van der Waals surface area contributed by atoms with Crippen LogP contribution >= 0.6 is 0 Å². The third-order valence-electron chi connectivity index (χ3n) is 12.4. The number of para-hydroxylation sites is 4. The molecular formula is C58H35N5O. The van der Waals surface area contributed by atoms with Gasteiger partial charge in [-0.15, -0.1) is 0 Å². The van der Waals surface area contributed by atoms with Gasteiger partial charge in [0.25, 0.3) is 0 Å². The first-order chi connectivity index (χ1) is 31.7. The molecule has 64 heavy (non-hydrogen) atoms. The van der Waals surface area contributed by atoms with E-state index in [-0.39, 0.29) is 0 Å². The summed E-state index contributed by atoms with van der Waals surface area (Å²) in [5.74, 6) is 1.77. The van der Waals surface area contributed by atoms with Crippen molar-refractivity contribution >= 4 is 65.4 Å². The van der Waals surface area contributed by atoms with E-state index in [0.717, 1.165) is 93.9 Å². The van der Waals surface area contributed by atoms with Gasteiger partial charge in [-0.1, -0.05) is 164 Å². The zero-order valence-corrected chi connectivity index (χ0v) is 34.4. The molecule has 9 aromatic carbocycles. The zero-order chi connectivity index (χ0) is 42.1. The molecule has 4 heterocycles. The molecule has 0 fully saturated rings. The predicted octanol–water partition coefficient (Wildman–Crippen LogP) is 14.9. The van der Waals surface area contributed by atoms with Crippen molar-refractivity contribution in [3.8, 4) is 62.2 Å². The number of pyridine rings is 1. The Bertz CT molecular complexity index is 3930. The third kappa shape index (κ3) is 5.81. The number of aromatic nitrogens is 5.